The number of benzene rings is 1. The van der Waals surface area contributed by atoms with Gasteiger partial charge in [-0.2, -0.15) is 0 Å². The van der Waals surface area contributed by atoms with Gasteiger partial charge in [0.25, 0.3) is 5.56 Å². The van der Waals surface area contributed by atoms with E-state index in [0.717, 1.165) is 16.6 Å². The summed E-state index contributed by atoms with van der Waals surface area (Å²) >= 11 is 1.53. The molecular formula is C18H15F2N3OS. The second-order valence-electron chi connectivity index (χ2n) is 6.03. The smallest absolute Gasteiger partial charge is 0.255 e. The van der Waals surface area contributed by atoms with Gasteiger partial charge in [-0.05, 0) is 29.1 Å². The van der Waals surface area contributed by atoms with Crippen molar-refractivity contribution in [3.8, 4) is 10.7 Å². The van der Waals surface area contributed by atoms with Crippen LogP contribution in [0.1, 0.15) is 16.8 Å². The highest BCUT2D eigenvalue weighted by molar-refractivity contribution is 7.13. The van der Waals surface area contributed by atoms with E-state index in [0.29, 0.717) is 43.0 Å². The Morgan fingerprint density at radius 3 is 2.88 bits per heavy atom. The molecular weight excluding hydrogens is 344 g/mol. The predicted molar refractivity (Wildman–Crippen MR) is 92.3 cm³/mol. The van der Waals surface area contributed by atoms with Crippen LogP contribution in [-0.4, -0.2) is 21.4 Å². The van der Waals surface area contributed by atoms with Crippen molar-refractivity contribution < 1.29 is 8.78 Å². The van der Waals surface area contributed by atoms with Crippen molar-refractivity contribution in [3.05, 3.63) is 74.5 Å². The Hall–Kier alpha value is -2.38. The largest absolute Gasteiger partial charge is 0.306 e. The van der Waals surface area contributed by atoms with Gasteiger partial charge in [-0.25, -0.2) is 13.8 Å². The lowest BCUT2D eigenvalue weighted by molar-refractivity contribution is 0.241. The molecule has 0 atom stereocenters. The Balaban J connectivity index is 1.57. The Labute approximate surface area is 146 Å². The first-order chi connectivity index (χ1) is 12.1. The molecule has 25 heavy (non-hydrogen) atoms. The lowest BCUT2D eigenvalue weighted by atomic mass is 10.1. The molecule has 1 aliphatic rings. The Morgan fingerprint density at radius 2 is 2.12 bits per heavy atom. The van der Waals surface area contributed by atoms with Crippen LogP contribution < -0.4 is 5.56 Å². The molecule has 1 aliphatic heterocycles. The molecule has 7 heteroatoms. The number of nitrogens with one attached hydrogen (secondary N) is 1. The van der Waals surface area contributed by atoms with Crippen molar-refractivity contribution in [2.75, 3.05) is 6.54 Å². The maximum atomic E-state index is 13.4. The highest BCUT2D eigenvalue weighted by Crippen LogP contribution is 2.23. The van der Waals surface area contributed by atoms with Crippen LogP contribution in [0, 0.1) is 11.6 Å². The summed E-state index contributed by atoms with van der Waals surface area (Å²) in [5, 5.41) is 1.94. The number of fused-ring (bicyclic) bond motifs is 1. The average Bonchev–Trinajstić information content (AvgIpc) is 3.13. The number of halogens is 2. The van der Waals surface area contributed by atoms with E-state index in [4.69, 9.17) is 0 Å². The van der Waals surface area contributed by atoms with E-state index in [1.165, 1.54) is 17.4 Å². The summed E-state index contributed by atoms with van der Waals surface area (Å²) in [6, 6.07) is 7.74. The molecule has 0 unspecified atom stereocenters. The number of aromatic amines is 1. The van der Waals surface area contributed by atoms with E-state index in [1.807, 2.05) is 22.4 Å². The number of thiophene rings is 1. The van der Waals surface area contributed by atoms with Gasteiger partial charge in [0, 0.05) is 26.1 Å². The van der Waals surface area contributed by atoms with Gasteiger partial charge in [-0.15, -0.1) is 11.3 Å². The zero-order valence-corrected chi connectivity index (χ0v) is 14.1. The minimum absolute atomic E-state index is 0.136. The molecule has 1 N–H and O–H groups in total. The summed E-state index contributed by atoms with van der Waals surface area (Å²) in [4.78, 5) is 22.9. The van der Waals surface area contributed by atoms with Crippen molar-refractivity contribution in [1.82, 2.24) is 14.9 Å². The Bertz CT molecular complexity index is 969. The zero-order valence-electron chi connectivity index (χ0n) is 13.3. The summed E-state index contributed by atoms with van der Waals surface area (Å²) in [5.41, 5.74) is 2.01. The monoisotopic (exact) mass is 359 g/mol. The maximum Gasteiger partial charge on any atom is 0.255 e. The Kier molecular flexibility index (Phi) is 4.19. The molecule has 128 valence electrons. The SMILES string of the molecule is O=c1[nH]c(-c2cccs2)nc2c1CN(Cc1ccc(F)c(F)c1)CC2. The van der Waals surface area contributed by atoms with Crippen molar-refractivity contribution >= 4 is 11.3 Å². The summed E-state index contributed by atoms with van der Waals surface area (Å²) in [6.07, 6.45) is 0.654. The summed E-state index contributed by atoms with van der Waals surface area (Å²) in [6.45, 7) is 1.62. The molecule has 0 spiro atoms. The van der Waals surface area contributed by atoms with E-state index in [9.17, 15) is 13.6 Å². The summed E-state index contributed by atoms with van der Waals surface area (Å²) in [7, 11) is 0. The average molecular weight is 359 g/mol. The van der Waals surface area contributed by atoms with Crippen LogP contribution >= 0.6 is 11.3 Å². The topological polar surface area (TPSA) is 49.0 Å². The van der Waals surface area contributed by atoms with Crippen molar-refractivity contribution in [2.24, 2.45) is 0 Å². The highest BCUT2D eigenvalue weighted by atomic mass is 32.1. The zero-order chi connectivity index (χ0) is 17.4. The Morgan fingerprint density at radius 1 is 1.24 bits per heavy atom. The maximum absolute atomic E-state index is 13.4. The molecule has 3 aromatic rings. The summed E-state index contributed by atoms with van der Waals surface area (Å²) in [5.74, 6) is -1.10. The normalized spacial score (nSPS) is 14.5. The van der Waals surface area contributed by atoms with E-state index >= 15 is 0 Å². The molecule has 0 saturated heterocycles. The van der Waals surface area contributed by atoms with Gasteiger partial charge in [0.1, 0.15) is 0 Å². The van der Waals surface area contributed by atoms with Crippen LogP contribution in [0.2, 0.25) is 0 Å². The number of hydrogen-bond acceptors (Lipinski definition) is 4. The first-order valence-electron chi connectivity index (χ1n) is 7.92. The van der Waals surface area contributed by atoms with Gasteiger partial charge in [0.05, 0.1) is 16.1 Å². The molecule has 0 aliphatic carbocycles. The molecule has 0 amide bonds. The standard InChI is InChI=1S/C18H15F2N3OS/c19-13-4-3-11(8-14(13)20)9-23-6-5-15-12(10-23)18(24)22-17(21-15)16-2-1-7-25-16/h1-4,7-8H,5-6,9-10H2,(H,21,22,24). The van der Waals surface area contributed by atoms with Gasteiger partial charge in [0.15, 0.2) is 17.5 Å². The third-order valence-electron chi connectivity index (χ3n) is 4.29. The van der Waals surface area contributed by atoms with Crippen molar-refractivity contribution in [2.45, 2.75) is 19.5 Å². The molecule has 2 aromatic heterocycles. The number of aromatic nitrogens is 2. The van der Waals surface area contributed by atoms with Crippen LogP contribution in [0.4, 0.5) is 8.78 Å². The fourth-order valence-corrected chi connectivity index (χ4v) is 3.71. The number of H-pyrrole nitrogens is 1. The van der Waals surface area contributed by atoms with Crippen LogP contribution in [0.5, 0.6) is 0 Å². The van der Waals surface area contributed by atoms with E-state index in [1.54, 1.807) is 6.07 Å². The van der Waals surface area contributed by atoms with Gasteiger partial charge in [0.2, 0.25) is 0 Å². The highest BCUT2D eigenvalue weighted by Gasteiger charge is 2.22. The molecule has 4 rings (SSSR count). The van der Waals surface area contributed by atoms with Crippen molar-refractivity contribution in [1.29, 1.82) is 0 Å². The van der Waals surface area contributed by atoms with Gasteiger partial charge < -0.3 is 4.98 Å². The van der Waals surface area contributed by atoms with E-state index in [2.05, 4.69) is 9.97 Å². The van der Waals surface area contributed by atoms with E-state index in [-0.39, 0.29) is 5.56 Å². The van der Waals surface area contributed by atoms with E-state index < -0.39 is 11.6 Å². The minimum Gasteiger partial charge on any atom is -0.306 e. The lowest BCUT2D eigenvalue weighted by Gasteiger charge is -2.27. The summed E-state index contributed by atoms with van der Waals surface area (Å²) < 4.78 is 26.4. The lowest BCUT2D eigenvalue weighted by Crippen LogP contribution is -2.35. The molecule has 0 fully saturated rings. The molecule has 0 bridgehead atoms. The third-order valence-corrected chi connectivity index (χ3v) is 5.17. The van der Waals surface area contributed by atoms with Crippen LogP contribution in [0.25, 0.3) is 10.7 Å². The van der Waals surface area contributed by atoms with Crippen molar-refractivity contribution in [3.63, 3.8) is 0 Å². The number of nitrogens with zero attached hydrogens (tertiary/aromatic N) is 2. The molecule has 1 aromatic carbocycles. The first kappa shape index (κ1) is 16.1. The second-order valence-corrected chi connectivity index (χ2v) is 6.97. The molecule has 0 radical (unpaired) electrons. The van der Waals surface area contributed by atoms with Gasteiger partial charge in [-0.3, -0.25) is 9.69 Å². The quantitative estimate of drug-likeness (QED) is 0.780. The molecule has 0 saturated carbocycles. The third kappa shape index (κ3) is 3.25. The van der Waals surface area contributed by atoms with Crippen LogP contribution in [0.3, 0.4) is 0 Å². The second kappa shape index (κ2) is 6.50. The fourth-order valence-electron chi connectivity index (χ4n) is 3.04. The number of hydrogen-bond donors (Lipinski definition) is 1. The fraction of sp³-hybridized carbons (Fsp3) is 0.222. The van der Waals surface area contributed by atoms with Crippen LogP contribution in [0.15, 0.2) is 40.5 Å². The number of rotatable bonds is 3. The molecule has 4 nitrogen and oxygen atoms in total. The minimum atomic E-state index is -0.852. The predicted octanol–water partition coefficient (Wildman–Crippen LogP) is 3.33. The molecule has 3 heterocycles. The van der Waals surface area contributed by atoms with Gasteiger partial charge in [-0.1, -0.05) is 12.1 Å². The van der Waals surface area contributed by atoms with Gasteiger partial charge >= 0.3 is 0 Å². The first-order valence-corrected chi connectivity index (χ1v) is 8.80. The van der Waals surface area contributed by atoms with Crippen LogP contribution in [-0.2, 0) is 19.5 Å².